The zero-order valence-corrected chi connectivity index (χ0v) is 15.7. The predicted octanol–water partition coefficient (Wildman–Crippen LogP) is 2.49. The van der Waals surface area contributed by atoms with Crippen molar-refractivity contribution in [2.75, 3.05) is 26.7 Å². The largest absolute Gasteiger partial charge is 0.497 e. The van der Waals surface area contributed by atoms with Crippen LogP contribution < -0.4 is 4.74 Å². The van der Waals surface area contributed by atoms with Crippen LogP contribution in [0.4, 0.5) is 0 Å². The summed E-state index contributed by atoms with van der Waals surface area (Å²) in [5.74, 6) is 1.02. The molecule has 2 amide bonds. The quantitative estimate of drug-likeness (QED) is 0.848. The molecule has 0 bridgehead atoms. The Balaban J connectivity index is 1.46. The number of fused-ring (bicyclic) bond motifs is 3. The number of H-pyrrole nitrogens is 1. The molecule has 0 aliphatic carbocycles. The van der Waals surface area contributed by atoms with Crippen molar-refractivity contribution < 1.29 is 14.3 Å². The first-order valence-electron chi connectivity index (χ1n) is 9.48. The second-order valence-electron chi connectivity index (χ2n) is 7.31. The third-order valence-corrected chi connectivity index (χ3v) is 5.82. The third-order valence-electron chi connectivity index (χ3n) is 5.82. The van der Waals surface area contributed by atoms with Crippen LogP contribution in [0.2, 0.25) is 0 Å². The highest BCUT2D eigenvalue weighted by Gasteiger charge is 2.32. The number of nitrogens with one attached hydrogen (secondary N) is 1. The summed E-state index contributed by atoms with van der Waals surface area (Å²) in [5.41, 5.74) is 3.50. The van der Waals surface area contributed by atoms with Crippen molar-refractivity contribution in [2.24, 2.45) is 5.92 Å². The molecule has 3 heterocycles. The van der Waals surface area contributed by atoms with E-state index < -0.39 is 0 Å². The van der Waals surface area contributed by atoms with Gasteiger partial charge in [0.15, 0.2) is 0 Å². The summed E-state index contributed by atoms with van der Waals surface area (Å²) in [6.45, 7) is 6.16. The zero-order chi connectivity index (χ0) is 19.0. The highest BCUT2D eigenvalue weighted by Crippen LogP contribution is 2.31. The zero-order valence-electron chi connectivity index (χ0n) is 15.7. The van der Waals surface area contributed by atoms with Gasteiger partial charge >= 0.3 is 0 Å². The average molecular weight is 367 g/mol. The number of methoxy groups -OCH3 is 1. The molecule has 0 atom stereocenters. The maximum absolute atomic E-state index is 13.0. The van der Waals surface area contributed by atoms with E-state index in [-0.39, 0.29) is 17.7 Å². The molecule has 4 rings (SSSR count). The van der Waals surface area contributed by atoms with Crippen molar-refractivity contribution in [3.63, 3.8) is 0 Å². The Hall–Kier alpha value is -2.76. The van der Waals surface area contributed by atoms with E-state index in [1.807, 2.05) is 17.0 Å². The van der Waals surface area contributed by atoms with Crippen molar-refractivity contribution in [1.29, 1.82) is 0 Å². The lowest BCUT2D eigenvalue weighted by Crippen LogP contribution is -2.45. The monoisotopic (exact) mass is 367 g/mol. The number of likely N-dealkylation sites (tertiary alicyclic amines) is 1. The first-order valence-corrected chi connectivity index (χ1v) is 9.48. The molecule has 1 saturated heterocycles. The summed E-state index contributed by atoms with van der Waals surface area (Å²) in [7, 11) is 1.68. The van der Waals surface area contributed by atoms with Crippen LogP contribution in [0.5, 0.6) is 5.75 Å². The van der Waals surface area contributed by atoms with Crippen LogP contribution in [0.1, 0.15) is 24.1 Å². The molecular weight excluding hydrogens is 342 g/mol. The maximum Gasteiger partial charge on any atom is 0.245 e. The van der Waals surface area contributed by atoms with E-state index in [0.717, 1.165) is 42.8 Å². The van der Waals surface area contributed by atoms with Crippen LogP contribution in [0, 0.1) is 5.92 Å². The Morgan fingerprint density at radius 2 is 2.00 bits per heavy atom. The molecule has 1 N–H and O–H groups in total. The van der Waals surface area contributed by atoms with E-state index in [9.17, 15) is 9.59 Å². The molecule has 1 aromatic carbocycles. The number of carbonyl (C=O) groups is 2. The van der Waals surface area contributed by atoms with Gasteiger partial charge in [0.1, 0.15) is 5.75 Å². The highest BCUT2D eigenvalue weighted by molar-refractivity contribution is 5.88. The lowest BCUT2D eigenvalue weighted by molar-refractivity contribution is -0.140. The summed E-state index contributed by atoms with van der Waals surface area (Å²) in [5, 5.41) is 1.19. The number of aromatic nitrogens is 1. The summed E-state index contributed by atoms with van der Waals surface area (Å²) >= 11 is 0. The number of hydrogen-bond donors (Lipinski definition) is 1. The predicted molar refractivity (Wildman–Crippen MR) is 103 cm³/mol. The molecule has 1 fully saturated rings. The van der Waals surface area contributed by atoms with Crippen molar-refractivity contribution in [3.8, 4) is 5.75 Å². The van der Waals surface area contributed by atoms with Crippen molar-refractivity contribution in [3.05, 3.63) is 42.1 Å². The average Bonchev–Trinajstić information content (AvgIpc) is 3.09. The summed E-state index contributed by atoms with van der Waals surface area (Å²) < 4.78 is 5.34. The molecule has 0 spiro atoms. The highest BCUT2D eigenvalue weighted by atomic mass is 16.5. The standard InChI is InChI=1S/C21H25N3O3/c1-3-20(25)23-9-6-14(7-10-23)21(26)24-11-8-16-17-12-15(27-2)4-5-18(17)22-19(16)13-24/h3-5,12,14,22H,1,6-11,13H2,2H3. The van der Waals surface area contributed by atoms with Gasteiger partial charge in [0.05, 0.1) is 13.7 Å². The molecule has 1 aromatic heterocycles. The second-order valence-corrected chi connectivity index (χ2v) is 7.31. The van der Waals surface area contributed by atoms with Gasteiger partial charge in [-0.15, -0.1) is 0 Å². The minimum Gasteiger partial charge on any atom is -0.497 e. The molecule has 6 nitrogen and oxygen atoms in total. The Kier molecular flexibility index (Phi) is 4.64. The number of benzene rings is 1. The molecule has 2 aliphatic rings. The minimum atomic E-state index is -0.0444. The fourth-order valence-corrected chi connectivity index (χ4v) is 4.27. The number of piperidine rings is 1. The molecular formula is C21H25N3O3. The van der Waals surface area contributed by atoms with Crippen molar-refractivity contribution >= 4 is 22.7 Å². The van der Waals surface area contributed by atoms with Crippen molar-refractivity contribution in [2.45, 2.75) is 25.8 Å². The number of nitrogens with zero attached hydrogens (tertiary/aromatic N) is 2. The van der Waals surface area contributed by atoms with Gasteiger partial charge in [-0.2, -0.15) is 0 Å². The first-order chi connectivity index (χ1) is 13.1. The van der Waals surface area contributed by atoms with Crippen LogP contribution in [-0.4, -0.2) is 53.3 Å². The number of aromatic amines is 1. The van der Waals surface area contributed by atoms with Gasteiger partial charge in [-0.25, -0.2) is 0 Å². The summed E-state index contributed by atoms with van der Waals surface area (Å²) in [6, 6.07) is 6.05. The van der Waals surface area contributed by atoms with Gasteiger partial charge in [-0.05, 0) is 49.1 Å². The topological polar surface area (TPSA) is 65.6 Å². The van der Waals surface area contributed by atoms with Gasteiger partial charge in [-0.3, -0.25) is 9.59 Å². The lowest BCUT2D eigenvalue weighted by atomic mass is 9.93. The molecule has 0 unspecified atom stereocenters. The van der Waals surface area contributed by atoms with E-state index in [1.165, 1.54) is 17.0 Å². The molecule has 2 aliphatic heterocycles. The number of hydrogen-bond acceptors (Lipinski definition) is 3. The van der Waals surface area contributed by atoms with Crippen LogP contribution in [0.3, 0.4) is 0 Å². The van der Waals surface area contributed by atoms with Gasteiger partial charge in [0, 0.05) is 42.1 Å². The van der Waals surface area contributed by atoms with E-state index in [2.05, 4.69) is 17.6 Å². The fourth-order valence-electron chi connectivity index (χ4n) is 4.27. The Morgan fingerprint density at radius 3 is 2.70 bits per heavy atom. The lowest BCUT2D eigenvalue weighted by Gasteiger charge is -2.35. The van der Waals surface area contributed by atoms with Crippen LogP contribution in [0.25, 0.3) is 10.9 Å². The number of carbonyl (C=O) groups excluding carboxylic acids is 2. The molecule has 0 saturated carbocycles. The first kappa shape index (κ1) is 17.6. The normalized spacial score (nSPS) is 17.7. The van der Waals surface area contributed by atoms with Gasteiger partial charge in [0.25, 0.3) is 0 Å². The molecule has 27 heavy (non-hydrogen) atoms. The van der Waals surface area contributed by atoms with Gasteiger partial charge < -0.3 is 19.5 Å². The maximum atomic E-state index is 13.0. The minimum absolute atomic E-state index is 0.00453. The number of amides is 2. The second kappa shape index (κ2) is 7.10. The SMILES string of the molecule is C=CC(=O)N1CCC(C(=O)N2CCc3c([nH]c4ccc(OC)cc34)C2)CC1. The Labute approximate surface area is 158 Å². The third kappa shape index (κ3) is 3.20. The molecule has 0 radical (unpaired) electrons. The van der Waals surface area contributed by atoms with Gasteiger partial charge in [-0.1, -0.05) is 6.58 Å². The van der Waals surface area contributed by atoms with Gasteiger partial charge in [0.2, 0.25) is 11.8 Å². The van der Waals surface area contributed by atoms with Crippen molar-refractivity contribution in [1.82, 2.24) is 14.8 Å². The van der Waals surface area contributed by atoms with Crippen LogP contribution >= 0.6 is 0 Å². The fraction of sp³-hybridized carbons (Fsp3) is 0.429. The summed E-state index contributed by atoms with van der Waals surface area (Å²) in [6.07, 6.45) is 3.65. The van der Waals surface area contributed by atoms with E-state index >= 15 is 0 Å². The Morgan fingerprint density at radius 1 is 1.22 bits per heavy atom. The molecule has 142 valence electrons. The van der Waals surface area contributed by atoms with E-state index in [0.29, 0.717) is 19.6 Å². The Bertz CT molecular complexity index is 893. The number of rotatable bonds is 3. The van der Waals surface area contributed by atoms with Crippen LogP contribution in [-0.2, 0) is 22.6 Å². The van der Waals surface area contributed by atoms with Crippen LogP contribution in [0.15, 0.2) is 30.9 Å². The van der Waals surface area contributed by atoms with E-state index in [4.69, 9.17) is 4.74 Å². The summed E-state index contributed by atoms with van der Waals surface area (Å²) in [4.78, 5) is 31.9. The van der Waals surface area contributed by atoms with E-state index in [1.54, 1.807) is 12.0 Å². The smallest absolute Gasteiger partial charge is 0.245 e. The number of ether oxygens (including phenoxy) is 1. The molecule has 2 aromatic rings. The molecule has 6 heteroatoms.